The fraction of sp³-hybridized carbons (Fsp3) is 0.250. The number of imide groups is 2. The lowest BCUT2D eigenvalue weighted by molar-refractivity contribution is -0.122. The van der Waals surface area contributed by atoms with Gasteiger partial charge in [0.1, 0.15) is 17.9 Å². The van der Waals surface area contributed by atoms with Crippen molar-refractivity contribution in [3.63, 3.8) is 0 Å². The number of hydrogen-bond donors (Lipinski definition) is 1. The van der Waals surface area contributed by atoms with E-state index in [1.54, 1.807) is 18.2 Å². The summed E-state index contributed by atoms with van der Waals surface area (Å²) < 4.78 is 7.70. The van der Waals surface area contributed by atoms with E-state index in [0.717, 1.165) is 28.2 Å². The molecule has 1 aliphatic heterocycles. The molecule has 1 aliphatic rings. The first-order chi connectivity index (χ1) is 16.9. The summed E-state index contributed by atoms with van der Waals surface area (Å²) in [6, 6.07) is 18.0. The Morgan fingerprint density at radius 3 is 2.40 bits per heavy atom. The number of aryl methyl sites for hydroxylation is 1. The molecule has 0 spiro atoms. The van der Waals surface area contributed by atoms with Crippen LogP contribution in [0, 0.1) is 6.92 Å². The predicted molar refractivity (Wildman–Crippen MR) is 135 cm³/mol. The van der Waals surface area contributed by atoms with Crippen LogP contribution in [0.25, 0.3) is 6.08 Å². The van der Waals surface area contributed by atoms with Crippen LogP contribution in [-0.2, 0) is 16.1 Å². The zero-order chi connectivity index (χ0) is 24.9. The standard InChI is InChI=1S/C28H29N3O4/c1-4-20(3)21-9-11-22(12-10-21)31-27(33)25(26(32)29-28(31)34)18-23-6-5-15-30(23)16-17-35-24-13-7-19(2)8-14-24/h5-15,18,20H,4,16-17H2,1-3H3,(H,29,32,34)/b25-18+/t20-/m1/s1. The van der Waals surface area contributed by atoms with Crippen LogP contribution in [0.1, 0.15) is 43.0 Å². The molecule has 0 radical (unpaired) electrons. The maximum Gasteiger partial charge on any atom is 0.335 e. The molecule has 1 aromatic heterocycles. The van der Waals surface area contributed by atoms with E-state index in [-0.39, 0.29) is 5.57 Å². The Balaban J connectivity index is 1.51. The Morgan fingerprint density at radius 1 is 1.00 bits per heavy atom. The Bertz CT molecular complexity index is 1260. The second-order valence-corrected chi connectivity index (χ2v) is 8.65. The van der Waals surface area contributed by atoms with E-state index in [1.165, 1.54) is 6.08 Å². The van der Waals surface area contributed by atoms with Gasteiger partial charge >= 0.3 is 6.03 Å². The number of carbonyl (C=O) groups is 3. The smallest absolute Gasteiger partial charge is 0.335 e. The van der Waals surface area contributed by atoms with Gasteiger partial charge in [0.05, 0.1) is 12.2 Å². The quantitative estimate of drug-likeness (QED) is 0.368. The molecule has 1 N–H and O–H groups in total. The molecular weight excluding hydrogens is 442 g/mol. The SMILES string of the molecule is CC[C@@H](C)c1ccc(N2C(=O)NC(=O)/C(=C\c3cccn3CCOc3ccc(C)cc3)C2=O)cc1. The third kappa shape index (κ3) is 5.35. The lowest BCUT2D eigenvalue weighted by Gasteiger charge is -2.26. The summed E-state index contributed by atoms with van der Waals surface area (Å²) in [5.74, 6) is -0.220. The maximum absolute atomic E-state index is 13.2. The molecule has 1 atom stereocenters. The molecule has 35 heavy (non-hydrogen) atoms. The highest BCUT2D eigenvalue weighted by molar-refractivity contribution is 6.39. The highest BCUT2D eigenvalue weighted by atomic mass is 16.5. The van der Waals surface area contributed by atoms with E-state index in [0.29, 0.717) is 30.5 Å². The number of carbonyl (C=O) groups excluding carboxylic acids is 3. The first-order valence-electron chi connectivity index (χ1n) is 11.7. The second kappa shape index (κ2) is 10.4. The molecule has 0 saturated carbocycles. The molecule has 180 valence electrons. The van der Waals surface area contributed by atoms with Crippen LogP contribution in [-0.4, -0.2) is 29.0 Å². The van der Waals surface area contributed by atoms with Crippen LogP contribution in [0.2, 0.25) is 0 Å². The summed E-state index contributed by atoms with van der Waals surface area (Å²) in [4.78, 5) is 39.3. The lowest BCUT2D eigenvalue weighted by Crippen LogP contribution is -2.54. The first kappa shape index (κ1) is 24.0. The number of benzene rings is 2. The Hall–Kier alpha value is -4.13. The zero-order valence-corrected chi connectivity index (χ0v) is 20.2. The number of aromatic nitrogens is 1. The van der Waals surface area contributed by atoms with Crippen molar-refractivity contribution in [2.45, 2.75) is 39.7 Å². The number of urea groups is 1. The van der Waals surface area contributed by atoms with Gasteiger partial charge in [-0.1, -0.05) is 43.7 Å². The second-order valence-electron chi connectivity index (χ2n) is 8.65. The summed E-state index contributed by atoms with van der Waals surface area (Å²) >= 11 is 0. The summed E-state index contributed by atoms with van der Waals surface area (Å²) in [6.45, 7) is 7.18. The average molecular weight is 472 g/mol. The van der Waals surface area contributed by atoms with Gasteiger partial charge in [-0.2, -0.15) is 0 Å². The molecule has 7 heteroatoms. The summed E-state index contributed by atoms with van der Waals surface area (Å²) in [6.07, 6.45) is 4.35. The molecule has 2 heterocycles. The van der Waals surface area contributed by atoms with Crippen molar-refractivity contribution in [3.05, 3.63) is 89.3 Å². The fourth-order valence-electron chi connectivity index (χ4n) is 3.89. The molecule has 4 rings (SSSR count). The van der Waals surface area contributed by atoms with E-state index in [4.69, 9.17) is 4.74 Å². The minimum atomic E-state index is -0.754. The van der Waals surface area contributed by atoms with E-state index >= 15 is 0 Å². The largest absolute Gasteiger partial charge is 0.492 e. The number of hydrogen-bond acceptors (Lipinski definition) is 4. The van der Waals surface area contributed by atoms with Crippen molar-refractivity contribution in [1.29, 1.82) is 0 Å². The van der Waals surface area contributed by atoms with Crippen LogP contribution < -0.4 is 15.0 Å². The normalized spacial score (nSPS) is 15.9. The van der Waals surface area contributed by atoms with Crippen LogP contribution in [0.4, 0.5) is 10.5 Å². The van der Waals surface area contributed by atoms with Gasteiger partial charge in [0, 0.05) is 11.9 Å². The topological polar surface area (TPSA) is 80.6 Å². The maximum atomic E-state index is 13.2. The third-order valence-corrected chi connectivity index (χ3v) is 6.21. The lowest BCUT2D eigenvalue weighted by atomic mass is 9.98. The van der Waals surface area contributed by atoms with Crippen molar-refractivity contribution in [1.82, 2.24) is 9.88 Å². The van der Waals surface area contributed by atoms with Gasteiger partial charge in [-0.25, -0.2) is 9.69 Å². The summed E-state index contributed by atoms with van der Waals surface area (Å²) in [5, 5.41) is 2.28. The van der Waals surface area contributed by atoms with E-state index in [2.05, 4.69) is 19.2 Å². The molecular formula is C28H29N3O4. The highest BCUT2D eigenvalue weighted by Gasteiger charge is 2.37. The third-order valence-electron chi connectivity index (χ3n) is 6.21. The molecule has 4 amide bonds. The van der Waals surface area contributed by atoms with Crippen LogP contribution in [0.3, 0.4) is 0 Å². The minimum Gasteiger partial charge on any atom is -0.492 e. The summed E-state index contributed by atoms with van der Waals surface area (Å²) in [7, 11) is 0. The van der Waals surface area contributed by atoms with Crippen LogP contribution in [0.5, 0.6) is 5.75 Å². The Morgan fingerprint density at radius 2 is 1.71 bits per heavy atom. The Kier molecular flexibility index (Phi) is 7.15. The van der Waals surface area contributed by atoms with Crippen molar-refractivity contribution in [3.8, 4) is 5.75 Å². The van der Waals surface area contributed by atoms with Gasteiger partial charge < -0.3 is 9.30 Å². The van der Waals surface area contributed by atoms with E-state index in [1.807, 2.05) is 60.2 Å². The molecule has 1 fully saturated rings. The van der Waals surface area contributed by atoms with E-state index in [9.17, 15) is 14.4 Å². The molecule has 3 aromatic rings. The number of rotatable bonds is 8. The van der Waals surface area contributed by atoms with Crippen molar-refractivity contribution < 1.29 is 19.1 Å². The number of anilines is 1. The van der Waals surface area contributed by atoms with Crippen LogP contribution in [0.15, 0.2) is 72.4 Å². The predicted octanol–water partition coefficient (Wildman–Crippen LogP) is 5.06. The molecule has 7 nitrogen and oxygen atoms in total. The highest BCUT2D eigenvalue weighted by Crippen LogP contribution is 2.25. The van der Waals surface area contributed by atoms with E-state index < -0.39 is 17.8 Å². The number of amides is 4. The molecule has 2 aromatic carbocycles. The van der Waals surface area contributed by atoms with Crippen molar-refractivity contribution in [2.24, 2.45) is 0 Å². The number of nitrogens with one attached hydrogen (secondary N) is 1. The zero-order valence-electron chi connectivity index (χ0n) is 20.2. The summed E-state index contributed by atoms with van der Waals surface area (Å²) in [5.41, 5.74) is 3.26. The number of barbiturate groups is 1. The van der Waals surface area contributed by atoms with Crippen molar-refractivity contribution in [2.75, 3.05) is 11.5 Å². The van der Waals surface area contributed by atoms with Gasteiger partial charge in [0.25, 0.3) is 11.8 Å². The van der Waals surface area contributed by atoms with Crippen molar-refractivity contribution >= 4 is 29.6 Å². The Labute approximate surface area is 205 Å². The monoisotopic (exact) mass is 471 g/mol. The van der Waals surface area contributed by atoms with Gasteiger partial charge in [-0.05, 0) is 67.3 Å². The van der Waals surface area contributed by atoms with Gasteiger partial charge in [-0.15, -0.1) is 0 Å². The molecule has 0 bridgehead atoms. The average Bonchev–Trinajstić information content (AvgIpc) is 3.29. The fourth-order valence-corrected chi connectivity index (χ4v) is 3.89. The van der Waals surface area contributed by atoms with Gasteiger partial charge in [0.15, 0.2) is 0 Å². The number of ether oxygens (including phenoxy) is 1. The first-order valence-corrected chi connectivity index (χ1v) is 11.7. The number of nitrogens with zero attached hydrogens (tertiary/aromatic N) is 2. The molecule has 1 saturated heterocycles. The molecule has 0 aliphatic carbocycles. The molecule has 0 unspecified atom stereocenters. The van der Waals surface area contributed by atoms with Gasteiger partial charge in [0.2, 0.25) is 0 Å². The van der Waals surface area contributed by atoms with Gasteiger partial charge in [-0.3, -0.25) is 14.9 Å². The minimum absolute atomic E-state index is 0.102. The van der Waals surface area contributed by atoms with Crippen LogP contribution >= 0.6 is 0 Å².